The van der Waals surface area contributed by atoms with Gasteiger partial charge in [0.25, 0.3) is 0 Å². The molecule has 0 saturated heterocycles. The molecule has 1 nitrogen and oxygen atoms in total. The Balaban J connectivity index is 0. The maximum Gasteiger partial charge on any atom is 1.52 e. The van der Waals surface area contributed by atoms with Gasteiger partial charge in [-0.2, -0.15) is 0 Å². The van der Waals surface area contributed by atoms with Gasteiger partial charge in [-0.05, 0) is 13.1 Å². The summed E-state index contributed by atoms with van der Waals surface area (Å²) in [7, 11) is 0. The van der Waals surface area contributed by atoms with Crippen LogP contribution in [-0.4, -0.2) is 32.6 Å². The van der Waals surface area contributed by atoms with Crippen LogP contribution in [0.15, 0.2) is 0 Å². The Morgan fingerprint density at radius 3 is 1.57 bits per heavy atom. The highest BCUT2D eigenvalue weighted by Gasteiger charge is 2.13. The molecule has 0 aromatic carbocycles. The second-order valence-corrected chi connectivity index (χ2v) is 0.957. The highest BCUT2D eigenvalue weighted by atomic mass is 79.9. The van der Waals surface area contributed by atoms with Crippen molar-refractivity contribution in [3.63, 3.8) is 0 Å². The van der Waals surface area contributed by atoms with Crippen molar-refractivity contribution >= 4 is 32.4 Å². The molecule has 0 unspecified atom stereocenters. The predicted octanol–water partition coefficient (Wildman–Crippen LogP) is 1.08. The first-order chi connectivity index (χ1) is 3.41. The first-order valence-corrected chi connectivity index (χ1v) is 6.29. The molecule has 7 heavy (non-hydrogen) atoms. The monoisotopic (exact) mass is 176 g/mol. The highest BCUT2D eigenvalue weighted by Crippen LogP contribution is 1.47. The van der Waals surface area contributed by atoms with E-state index in [1.807, 2.05) is 0 Å². The molecule has 3 heteroatoms. The summed E-state index contributed by atoms with van der Waals surface area (Å²) < 4.78 is 0. The third-order valence-corrected chi connectivity index (χ3v) is 0.500. The van der Waals surface area contributed by atoms with Crippen molar-refractivity contribution in [3.05, 3.63) is 0 Å². The number of hydrogen-bond acceptors (Lipinski definition) is 1. The Morgan fingerprint density at radius 2 is 1.57 bits per heavy atom. The molecule has 0 atom stereocenters. The van der Waals surface area contributed by atoms with Crippen molar-refractivity contribution in [1.29, 1.82) is 0 Å². The highest BCUT2D eigenvalue weighted by molar-refractivity contribution is 9.22. The van der Waals surface area contributed by atoms with Crippen LogP contribution >= 0.6 is 12.9 Å². The summed E-state index contributed by atoms with van der Waals surface area (Å²) in [6.07, 6.45) is 0. The Bertz CT molecular complexity index is 19.2. The summed E-state index contributed by atoms with van der Waals surface area (Å²) in [5.41, 5.74) is 0. The van der Waals surface area contributed by atoms with Crippen molar-refractivity contribution in [2.24, 2.45) is 0 Å². The molecule has 39 valence electrons. The van der Waals surface area contributed by atoms with E-state index in [0.717, 1.165) is 13.1 Å². The number of halogens is 1. The van der Waals surface area contributed by atoms with Crippen LogP contribution in [0.2, 0.25) is 0 Å². The minimum absolute atomic E-state index is 1.09. The van der Waals surface area contributed by atoms with Crippen molar-refractivity contribution in [2.75, 3.05) is 13.1 Å². The molecule has 0 amide bonds. The zero-order valence-electron chi connectivity index (χ0n) is 5.00. The second-order valence-electron chi connectivity index (χ2n) is 0.957. The van der Waals surface area contributed by atoms with Gasteiger partial charge in [0, 0.05) is 0 Å². The van der Waals surface area contributed by atoms with E-state index < -0.39 is 0 Å². The minimum Gasteiger partial charge on any atom is -0.317 e. The maximum absolute atomic E-state index is 3.11. The van der Waals surface area contributed by atoms with Crippen molar-refractivity contribution in [2.45, 2.75) is 13.8 Å². The Morgan fingerprint density at radius 1 is 1.29 bits per heavy atom. The van der Waals surface area contributed by atoms with E-state index in [2.05, 4.69) is 32.0 Å². The minimum atomic E-state index is 1.09. The lowest BCUT2D eigenvalue weighted by Gasteiger charge is -1.86. The van der Waals surface area contributed by atoms with Gasteiger partial charge in [0.15, 0.2) is 0 Å². The van der Waals surface area contributed by atoms with Gasteiger partial charge in [-0.1, -0.05) is 13.8 Å². The molecule has 7 radical (unpaired) electrons. The van der Waals surface area contributed by atoms with Gasteiger partial charge < -0.3 is 5.32 Å². The fraction of sp³-hybridized carbons (Fsp3) is 1.00. The molecule has 0 rings (SSSR count). The molecular formula is C4H11BrMgN+2. The second kappa shape index (κ2) is 15.7. The van der Waals surface area contributed by atoms with Crippen LogP contribution in [-0.2, 0) is 0 Å². The Kier molecular flexibility index (Phi) is 24.8. The smallest absolute Gasteiger partial charge is 0.317 e. The normalized spacial score (nSPS) is 6.86. The molecule has 0 aromatic heterocycles. The summed E-state index contributed by atoms with van der Waals surface area (Å²) in [6.45, 7) is 6.39. The summed E-state index contributed by atoms with van der Waals surface area (Å²) in [5.74, 6) is 0. The number of hydrogen-bond donors (Lipinski definition) is 1. The fourth-order valence-corrected chi connectivity index (χ4v) is 0.250. The lowest BCUT2D eigenvalue weighted by Crippen LogP contribution is -2.09. The molecule has 0 aromatic rings. The van der Waals surface area contributed by atoms with Crippen LogP contribution < -0.4 is 5.32 Å². The lowest BCUT2D eigenvalue weighted by atomic mass is 10.7. The van der Waals surface area contributed by atoms with Crippen LogP contribution in [0.1, 0.15) is 13.8 Å². The third-order valence-electron chi connectivity index (χ3n) is 0.500. The zero-order valence-corrected chi connectivity index (χ0v) is 8.00. The molecule has 0 aliphatic heterocycles. The average molecular weight is 177 g/mol. The van der Waals surface area contributed by atoms with Gasteiger partial charge in [-0.25, -0.2) is 0 Å². The summed E-state index contributed by atoms with van der Waals surface area (Å²) in [5, 5.41) is 3.11. The van der Waals surface area contributed by atoms with Gasteiger partial charge in [0.1, 0.15) is 0 Å². The van der Waals surface area contributed by atoms with Gasteiger partial charge in [0.2, 0.25) is 0 Å². The molecule has 0 saturated carbocycles. The fourth-order valence-electron chi connectivity index (χ4n) is 0.250. The van der Waals surface area contributed by atoms with Crippen molar-refractivity contribution in [1.82, 2.24) is 5.32 Å². The third kappa shape index (κ3) is 19.0. The molecule has 0 fully saturated rings. The standard InChI is InChI=1S/C4H11N.BrH.Mg/c1-3-5-4-2;;/h5H,3-4H2,1-2H3;1H;/q;;+3/p-1. The van der Waals surface area contributed by atoms with Gasteiger partial charge in [-0.15, -0.1) is 0 Å². The van der Waals surface area contributed by atoms with Gasteiger partial charge in [-0.3, -0.25) is 0 Å². The van der Waals surface area contributed by atoms with Crippen LogP contribution in [0.4, 0.5) is 0 Å². The summed E-state index contributed by atoms with van der Waals surface area (Å²) in [6, 6.07) is 0. The SMILES string of the molecule is CCNCC.[Mg+2][Br]. The first kappa shape index (κ1) is 11.1. The van der Waals surface area contributed by atoms with Crippen molar-refractivity contribution in [3.8, 4) is 0 Å². The van der Waals surface area contributed by atoms with E-state index in [1.54, 1.807) is 19.5 Å². The molecule has 0 aliphatic carbocycles. The molecule has 0 heterocycles. The van der Waals surface area contributed by atoms with Crippen LogP contribution in [0.5, 0.6) is 0 Å². The Labute approximate surface area is 64.6 Å². The molecule has 0 bridgehead atoms. The predicted molar refractivity (Wildman–Crippen MR) is 38.9 cm³/mol. The lowest BCUT2D eigenvalue weighted by molar-refractivity contribution is 0.762. The zero-order chi connectivity index (χ0) is 6.12. The van der Waals surface area contributed by atoms with E-state index in [1.165, 1.54) is 0 Å². The van der Waals surface area contributed by atoms with E-state index in [4.69, 9.17) is 0 Å². The van der Waals surface area contributed by atoms with Crippen molar-refractivity contribution < 1.29 is 0 Å². The molecular weight excluding hydrogens is 166 g/mol. The number of rotatable bonds is 2. The van der Waals surface area contributed by atoms with Gasteiger partial charge >= 0.3 is 32.4 Å². The maximum atomic E-state index is 3.11. The van der Waals surface area contributed by atoms with Crippen LogP contribution in [0.3, 0.4) is 0 Å². The van der Waals surface area contributed by atoms with E-state index in [0.29, 0.717) is 0 Å². The molecule has 1 N–H and O–H groups in total. The summed E-state index contributed by atoms with van der Waals surface area (Å²) >= 11 is 4.64. The van der Waals surface area contributed by atoms with Crippen LogP contribution in [0.25, 0.3) is 0 Å². The largest absolute Gasteiger partial charge is 1.52 e. The molecule has 0 spiro atoms. The molecule has 0 aliphatic rings. The van der Waals surface area contributed by atoms with Gasteiger partial charge in [0.05, 0.1) is 0 Å². The Hall–Kier alpha value is 1.21. The van der Waals surface area contributed by atoms with E-state index >= 15 is 0 Å². The average Bonchev–Trinajstić information content (AvgIpc) is 1.75. The quantitative estimate of drug-likeness (QED) is 0.622. The topological polar surface area (TPSA) is 12.0 Å². The number of nitrogens with one attached hydrogen (secondary N) is 1. The van der Waals surface area contributed by atoms with Crippen LogP contribution in [0, 0.1) is 0 Å². The summed E-state index contributed by atoms with van der Waals surface area (Å²) in [4.78, 5) is 0. The van der Waals surface area contributed by atoms with E-state index in [9.17, 15) is 0 Å². The first-order valence-electron chi connectivity index (χ1n) is 2.39. The van der Waals surface area contributed by atoms with E-state index in [-0.39, 0.29) is 0 Å².